The molecule has 4 aromatic carbocycles. The molecule has 41 heavy (non-hydrogen) atoms. The molecule has 3 N–H and O–H groups in total. The molecule has 0 saturated carbocycles. The van der Waals surface area contributed by atoms with Crippen molar-refractivity contribution in [3.05, 3.63) is 118 Å². The molecule has 7 nitrogen and oxygen atoms in total. The Morgan fingerprint density at radius 3 is 2.12 bits per heavy atom. The van der Waals surface area contributed by atoms with Crippen LogP contribution in [0, 0.1) is 6.92 Å². The van der Waals surface area contributed by atoms with E-state index < -0.39 is 5.92 Å². The quantitative estimate of drug-likeness (QED) is 0.157. The number of hydrogen-bond acceptors (Lipinski definition) is 5. The average Bonchev–Trinajstić information content (AvgIpc) is 2.96. The van der Waals surface area contributed by atoms with Crippen molar-refractivity contribution in [3.63, 3.8) is 0 Å². The summed E-state index contributed by atoms with van der Waals surface area (Å²) in [5.41, 5.74) is 3.16. The third kappa shape index (κ3) is 8.90. The molecule has 1 atom stereocenters. The summed E-state index contributed by atoms with van der Waals surface area (Å²) in [6.07, 6.45) is 0. The number of carbonyl (C=O) groups excluding carboxylic acids is 2. The van der Waals surface area contributed by atoms with Crippen molar-refractivity contribution < 1.29 is 19.1 Å². The Morgan fingerprint density at radius 2 is 1.46 bits per heavy atom. The predicted octanol–water partition coefficient (Wildman–Crippen LogP) is 6.84. The maximum Gasteiger partial charge on any atom is 0.251 e. The minimum absolute atomic E-state index is 0.120. The van der Waals surface area contributed by atoms with E-state index in [1.807, 2.05) is 49.4 Å². The van der Waals surface area contributed by atoms with Crippen LogP contribution < -0.4 is 25.4 Å². The molecule has 0 fully saturated rings. The minimum Gasteiger partial charge on any atom is -0.497 e. The zero-order chi connectivity index (χ0) is 29.2. The number of rotatable bonds is 12. The zero-order valence-electron chi connectivity index (χ0n) is 22.7. The lowest BCUT2D eigenvalue weighted by Crippen LogP contribution is -2.39. The summed E-state index contributed by atoms with van der Waals surface area (Å²) in [5.74, 6) is 0.747. The summed E-state index contributed by atoms with van der Waals surface area (Å²) in [6.45, 7) is 2.96. The molecule has 9 heteroatoms. The highest BCUT2D eigenvalue weighted by atomic mass is 35.5. The second kappa shape index (κ2) is 14.4. The fourth-order valence-corrected chi connectivity index (χ4v) is 4.67. The Morgan fingerprint density at radius 1 is 0.780 bits per heavy atom. The van der Waals surface area contributed by atoms with E-state index in [-0.39, 0.29) is 18.4 Å². The first-order valence-corrected chi connectivity index (χ1v) is 13.8. The van der Waals surface area contributed by atoms with Crippen molar-refractivity contribution in [2.75, 3.05) is 32.1 Å². The van der Waals surface area contributed by atoms with E-state index in [1.54, 1.807) is 55.6 Å². The van der Waals surface area contributed by atoms with Gasteiger partial charge in [-0.2, -0.15) is 0 Å². The van der Waals surface area contributed by atoms with Gasteiger partial charge in [0.25, 0.3) is 5.91 Å². The van der Waals surface area contributed by atoms with Crippen LogP contribution in [0.15, 0.2) is 91.0 Å². The van der Waals surface area contributed by atoms with Crippen molar-refractivity contribution in [2.45, 2.75) is 12.8 Å². The molecule has 212 valence electrons. The van der Waals surface area contributed by atoms with Crippen LogP contribution >= 0.6 is 23.2 Å². The highest BCUT2D eigenvalue weighted by molar-refractivity contribution is 6.34. The van der Waals surface area contributed by atoms with E-state index in [9.17, 15) is 9.59 Å². The number of methoxy groups -OCH3 is 1. The number of halogens is 2. The van der Waals surface area contributed by atoms with Gasteiger partial charge in [-0.3, -0.25) is 9.59 Å². The van der Waals surface area contributed by atoms with Gasteiger partial charge in [0, 0.05) is 40.9 Å². The Kier molecular flexibility index (Phi) is 10.5. The summed E-state index contributed by atoms with van der Waals surface area (Å²) in [4.78, 5) is 26.2. The van der Waals surface area contributed by atoms with Gasteiger partial charge in [-0.05, 0) is 79.2 Å². The molecule has 0 aliphatic carbocycles. The van der Waals surface area contributed by atoms with E-state index in [4.69, 9.17) is 32.7 Å². The summed E-state index contributed by atoms with van der Waals surface area (Å²) in [5, 5.41) is 10.1. The average molecular weight is 593 g/mol. The lowest BCUT2D eigenvalue weighted by molar-refractivity contribution is -0.122. The van der Waals surface area contributed by atoms with Gasteiger partial charge >= 0.3 is 0 Å². The van der Waals surface area contributed by atoms with E-state index in [0.29, 0.717) is 40.2 Å². The maximum atomic E-state index is 13.3. The summed E-state index contributed by atoms with van der Waals surface area (Å²) in [6, 6.07) is 26.9. The molecule has 0 aliphatic rings. The molecule has 1 unspecified atom stereocenters. The van der Waals surface area contributed by atoms with Gasteiger partial charge in [-0.1, -0.05) is 53.0 Å². The van der Waals surface area contributed by atoms with Crippen molar-refractivity contribution in [3.8, 4) is 17.2 Å². The summed E-state index contributed by atoms with van der Waals surface area (Å²) < 4.78 is 11.1. The smallest absolute Gasteiger partial charge is 0.251 e. The largest absolute Gasteiger partial charge is 0.497 e. The fraction of sp³-hybridized carbons (Fsp3) is 0.188. The number of benzene rings is 4. The van der Waals surface area contributed by atoms with Crippen LogP contribution in [0.4, 0.5) is 5.69 Å². The molecule has 0 bridgehead atoms. The van der Waals surface area contributed by atoms with Crippen LogP contribution in [-0.2, 0) is 4.79 Å². The second-order valence-electron chi connectivity index (χ2n) is 9.35. The molecule has 0 radical (unpaired) electrons. The zero-order valence-corrected chi connectivity index (χ0v) is 24.3. The molecule has 0 aliphatic heterocycles. The summed E-state index contributed by atoms with van der Waals surface area (Å²) in [7, 11) is 1.62. The van der Waals surface area contributed by atoms with Gasteiger partial charge in [-0.15, -0.1) is 0 Å². The number of anilines is 1. The standard InChI is InChI=1S/C32H31Cl2N3O4/c1-21-4-3-5-23(16-21)31(38)37-20-30(32(39)36-15-14-35-26-8-12-27(40-2)13-9-26)22-6-10-28(11-7-22)41-29-18-24(33)17-25(34)19-29/h3-13,16-19,30,35H,14-15,20H2,1-2H3,(H,36,39)(H,37,38). The number of carbonyl (C=O) groups is 2. The number of hydrogen-bond donors (Lipinski definition) is 3. The van der Waals surface area contributed by atoms with Crippen molar-refractivity contribution >= 4 is 40.7 Å². The SMILES string of the molecule is COc1ccc(NCCNC(=O)C(CNC(=O)c2cccc(C)c2)c2ccc(Oc3cc(Cl)cc(Cl)c3)cc2)cc1. The summed E-state index contributed by atoms with van der Waals surface area (Å²) >= 11 is 12.2. The molecular formula is C32H31Cl2N3O4. The Labute approximate surface area is 249 Å². The fourth-order valence-electron chi connectivity index (χ4n) is 4.16. The molecular weight excluding hydrogens is 561 g/mol. The van der Waals surface area contributed by atoms with Crippen molar-refractivity contribution in [2.24, 2.45) is 0 Å². The Hall–Kier alpha value is -4.20. The van der Waals surface area contributed by atoms with Crippen LogP contribution in [-0.4, -0.2) is 38.6 Å². The van der Waals surface area contributed by atoms with Gasteiger partial charge < -0.3 is 25.4 Å². The van der Waals surface area contributed by atoms with E-state index in [2.05, 4.69) is 16.0 Å². The van der Waals surface area contributed by atoms with Gasteiger partial charge in [0.1, 0.15) is 17.2 Å². The molecule has 0 heterocycles. The van der Waals surface area contributed by atoms with Crippen LogP contribution in [0.1, 0.15) is 27.4 Å². The molecule has 4 aromatic rings. The normalized spacial score (nSPS) is 11.3. The first-order chi connectivity index (χ1) is 19.8. The van der Waals surface area contributed by atoms with Gasteiger partial charge in [0.2, 0.25) is 5.91 Å². The number of nitrogens with one attached hydrogen (secondary N) is 3. The number of aryl methyl sites for hydroxylation is 1. The van der Waals surface area contributed by atoms with Crippen LogP contribution in [0.25, 0.3) is 0 Å². The lowest BCUT2D eigenvalue weighted by atomic mass is 9.97. The van der Waals surface area contributed by atoms with Crippen molar-refractivity contribution in [1.29, 1.82) is 0 Å². The van der Waals surface area contributed by atoms with Crippen LogP contribution in [0.5, 0.6) is 17.2 Å². The first-order valence-electron chi connectivity index (χ1n) is 13.0. The van der Waals surface area contributed by atoms with Crippen molar-refractivity contribution in [1.82, 2.24) is 10.6 Å². The lowest BCUT2D eigenvalue weighted by Gasteiger charge is -2.19. The van der Waals surface area contributed by atoms with Gasteiger partial charge in [0.05, 0.1) is 13.0 Å². The molecule has 0 saturated heterocycles. The van der Waals surface area contributed by atoms with Crippen LogP contribution in [0.2, 0.25) is 10.0 Å². The topological polar surface area (TPSA) is 88.7 Å². The van der Waals surface area contributed by atoms with E-state index in [0.717, 1.165) is 22.6 Å². The third-order valence-corrected chi connectivity index (χ3v) is 6.70. The highest BCUT2D eigenvalue weighted by Gasteiger charge is 2.22. The molecule has 0 spiro atoms. The van der Waals surface area contributed by atoms with Gasteiger partial charge in [-0.25, -0.2) is 0 Å². The highest BCUT2D eigenvalue weighted by Crippen LogP contribution is 2.29. The number of ether oxygens (including phenoxy) is 2. The molecule has 2 amide bonds. The van der Waals surface area contributed by atoms with Crippen LogP contribution in [0.3, 0.4) is 0 Å². The monoisotopic (exact) mass is 591 g/mol. The van der Waals surface area contributed by atoms with E-state index >= 15 is 0 Å². The third-order valence-electron chi connectivity index (χ3n) is 6.26. The molecule has 4 rings (SSSR count). The molecule has 0 aromatic heterocycles. The predicted molar refractivity (Wildman–Crippen MR) is 164 cm³/mol. The second-order valence-corrected chi connectivity index (χ2v) is 10.2. The minimum atomic E-state index is -0.626. The Bertz CT molecular complexity index is 1460. The first kappa shape index (κ1) is 29.8. The van der Waals surface area contributed by atoms with E-state index in [1.165, 1.54) is 0 Å². The maximum absolute atomic E-state index is 13.3. The Balaban J connectivity index is 1.42. The number of amides is 2. The van der Waals surface area contributed by atoms with Gasteiger partial charge in [0.15, 0.2) is 0 Å².